The number of carbonyl (C=O) groups is 2. The summed E-state index contributed by atoms with van der Waals surface area (Å²) in [7, 11) is 3.19. The van der Waals surface area contributed by atoms with Gasteiger partial charge >= 0.3 is 0 Å². The minimum absolute atomic E-state index is 0.232. The molecule has 0 spiro atoms. The highest BCUT2D eigenvalue weighted by Gasteiger charge is 2.39. The Balaban J connectivity index is 2.45. The topological polar surface area (TPSA) is 40.6 Å². The molecule has 2 aliphatic rings. The number of nitrogens with zero attached hydrogens (tertiary/aromatic N) is 2. The summed E-state index contributed by atoms with van der Waals surface area (Å²) in [5.41, 5.74) is 0. The van der Waals surface area contributed by atoms with E-state index in [0.29, 0.717) is 18.5 Å². The molecule has 0 aromatic rings. The summed E-state index contributed by atoms with van der Waals surface area (Å²) in [4.78, 5) is 27.1. The first-order valence-electron chi connectivity index (χ1n) is 4.17. The van der Waals surface area contributed by atoms with Gasteiger partial charge in [-0.3, -0.25) is 19.4 Å². The van der Waals surface area contributed by atoms with Crippen molar-refractivity contribution < 1.29 is 9.59 Å². The van der Waals surface area contributed by atoms with Crippen LogP contribution in [0.3, 0.4) is 0 Å². The number of thioether (sulfide) groups is 2. The molecule has 2 amide bonds. The lowest BCUT2D eigenvalue weighted by Crippen LogP contribution is -2.24. The van der Waals surface area contributed by atoms with Crippen molar-refractivity contribution in [3.8, 4) is 0 Å². The Morgan fingerprint density at radius 2 is 1.19 bits per heavy atom. The molecule has 2 heterocycles. The van der Waals surface area contributed by atoms with E-state index in [9.17, 15) is 9.59 Å². The standard InChI is InChI=1S/C8H6N2O2S4/c1-9-5(11)3(15-7(9)13)4-6(12)10(2)8(14)16-4/h1-2H3. The Hall–Kier alpha value is -0.440. The van der Waals surface area contributed by atoms with Gasteiger partial charge in [-0.15, -0.1) is 0 Å². The van der Waals surface area contributed by atoms with Crippen molar-refractivity contribution in [3.05, 3.63) is 9.81 Å². The Morgan fingerprint density at radius 1 is 0.875 bits per heavy atom. The number of hydrogen-bond donors (Lipinski definition) is 0. The fourth-order valence-corrected chi connectivity index (χ4v) is 3.67. The lowest BCUT2D eigenvalue weighted by atomic mass is 10.4. The molecule has 0 bridgehead atoms. The lowest BCUT2D eigenvalue weighted by Gasteiger charge is -2.04. The van der Waals surface area contributed by atoms with E-state index in [-0.39, 0.29) is 11.8 Å². The second-order valence-corrected chi connectivity index (χ2v) is 6.41. The van der Waals surface area contributed by atoms with Gasteiger partial charge in [0.05, 0.1) is 9.81 Å². The predicted octanol–water partition coefficient (Wildman–Crippen LogP) is 1.18. The van der Waals surface area contributed by atoms with Crippen molar-refractivity contribution in [1.29, 1.82) is 0 Å². The van der Waals surface area contributed by atoms with Crippen molar-refractivity contribution in [2.24, 2.45) is 0 Å². The van der Waals surface area contributed by atoms with Crippen LogP contribution in [-0.4, -0.2) is 44.4 Å². The summed E-state index contributed by atoms with van der Waals surface area (Å²) in [5, 5.41) is 0. The number of likely N-dealkylation sites (N-methyl/N-ethyl adjacent to an activating group) is 2. The first-order chi connectivity index (χ1) is 7.43. The quantitative estimate of drug-likeness (QED) is 0.493. The summed E-state index contributed by atoms with van der Waals surface area (Å²) >= 11 is 12.3. The molecule has 0 aliphatic carbocycles. The molecular formula is C8H6N2O2S4. The normalized spacial score (nSPS) is 26.4. The van der Waals surface area contributed by atoms with Crippen LogP contribution in [0.25, 0.3) is 0 Å². The third-order valence-electron chi connectivity index (χ3n) is 2.13. The molecule has 0 aromatic carbocycles. The van der Waals surface area contributed by atoms with Crippen molar-refractivity contribution in [1.82, 2.24) is 9.80 Å². The Bertz CT molecular complexity index is 429. The van der Waals surface area contributed by atoms with Gasteiger partial charge in [0.1, 0.15) is 8.64 Å². The smallest absolute Gasteiger partial charge is 0.267 e. The molecule has 84 valence electrons. The molecule has 2 saturated heterocycles. The first-order valence-corrected chi connectivity index (χ1v) is 6.62. The van der Waals surface area contributed by atoms with Crippen LogP contribution in [0.2, 0.25) is 0 Å². The van der Waals surface area contributed by atoms with E-state index >= 15 is 0 Å². The Morgan fingerprint density at radius 3 is 1.38 bits per heavy atom. The zero-order chi connectivity index (χ0) is 12.0. The van der Waals surface area contributed by atoms with Crippen molar-refractivity contribution >= 4 is 68.4 Å². The van der Waals surface area contributed by atoms with Gasteiger partial charge in [0.15, 0.2) is 0 Å². The van der Waals surface area contributed by atoms with Gasteiger partial charge in [0.25, 0.3) is 11.8 Å². The van der Waals surface area contributed by atoms with Gasteiger partial charge in [0.2, 0.25) is 0 Å². The van der Waals surface area contributed by atoms with E-state index in [1.54, 1.807) is 14.1 Å². The summed E-state index contributed by atoms with van der Waals surface area (Å²) < 4.78 is 0.919. The van der Waals surface area contributed by atoms with Gasteiger partial charge in [-0.2, -0.15) is 0 Å². The monoisotopic (exact) mass is 290 g/mol. The molecule has 2 aliphatic heterocycles. The molecular weight excluding hydrogens is 284 g/mol. The van der Waals surface area contributed by atoms with Crippen molar-refractivity contribution in [2.75, 3.05) is 14.1 Å². The maximum atomic E-state index is 11.8. The highest BCUT2D eigenvalue weighted by molar-refractivity contribution is 8.29. The minimum Gasteiger partial charge on any atom is -0.296 e. The summed E-state index contributed by atoms with van der Waals surface area (Å²) in [5.74, 6) is -0.465. The molecule has 0 radical (unpaired) electrons. The predicted molar refractivity (Wildman–Crippen MR) is 72.9 cm³/mol. The van der Waals surface area contributed by atoms with Crippen LogP contribution in [0, 0.1) is 0 Å². The van der Waals surface area contributed by atoms with E-state index in [4.69, 9.17) is 24.4 Å². The lowest BCUT2D eigenvalue weighted by molar-refractivity contribution is -0.123. The average Bonchev–Trinajstić information content (AvgIpc) is 2.64. The van der Waals surface area contributed by atoms with Crippen molar-refractivity contribution in [3.63, 3.8) is 0 Å². The third kappa shape index (κ3) is 1.69. The maximum Gasteiger partial charge on any atom is 0.267 e. The molecule has 2 fully saturated rings. The van der Waals surface area contributed by atoms with Crippen molar-refractivity contribution in [2.45, 2.75) is 0 Å². The molecule has 0 aromatic heterocycles. The van der Waals surface area contributed by atoms with Crippen LogP contribution in [0.15, 0.2) is 9.81 Å². The third-order valence-corrected chi connectivity index (χ3v) is 5.37. The van der Waals surface area contributed by atoms with Crippen LogP contribution in [0.1, 0.15) is 0 Å². The Labute approximate surface area is 111 Å². The van der Waals surface area contributed by atoms with E-state index in [0.717, 1.165) is 23.5 Å². The average molecular weight is 290 g/mol. The molecule has 16 heavy (non-hydrogen) atoms. The number of amides is 2. The number of thiocarbonyl (C=S) groups is 2. The van der Waals surface area contributed by atoms with E-state index in [1.165, 1.54) is 9.80 Å². The SMILES string of the molecule is CN1C(=O)C(=C2SC(=S)N(C)C2=O)SC1=S. The second-order valence-electron chi connectivity index (χ2n) is 3.12. The largest absolute Gasteiger partial charge is 0.296 e. The van der Waals surface area contributed by atoms with Crippen LogP contribution < -0.4 is 0 Å². The Kier molecular flexibility index (Phi) is 3.08. The van der Waals surface area contributed by atoms with E-state index in [1.807, 2.05) is 0 Å². The van der Waals surface area contributed by atoms with Gasteiger partial charge in [0, 0.05) is 14.1 Å². The molecule has 0 N–H and O–H groups in total. The molecule has 2 rings (SSSR count). The molecule has 8 heteroatoms. The van der Waals surface area contributed by atoms with Crippen LogP contribution in [0.5, 0.6) is 0 Å². The molecule has 0 atom stereocenters. The van der Waals surface area contributed by atoms with Crippen LogP contribution >= 0.6 is 48.0 Å². The first kappa shape index (κ1) is 12.0. The zero-order valence-corrected chi connectivity index (χ0v) is 11.6. The summed E-state index contributed by atoms with van der Waals surface area (Å²) in [6, 6.07) is 0. The van der Waals surface area contributed by atoms with Gasteiger partial charge in [-0.05, 0) is 0 Å². The highest BCUT2D eigenvalue weighted by Crippen LogP contribution is 2.40. The fourth-order valence-electron chi connectivity index (χ4n) is 1.16. The maximum absolute atomic E-state index is 11.8. The fraction of sp³-hybridized carbons (Fsp3) is 0.250. The van der Waals surface area contributed by atoms with E-state index in [2.05, 4.69) is 0 Å². The molecule has 0 saturated carbocycles. The van der Waals surface area contributed by atoms with Gasteiger partial charge in [-0.1, -0.05) is 48.0 Å². The summed E-state index contributed by atoms with van der Waals surface area (Å²) in [6.07, 6.45) is 0. The van der Waals surface area contributed by atoms with Gasteiger partial charge < -0.3 is 0 Å². The van der Waals surface area contributed by atoms with Gasteiger partial charge in [-0.25, -0.2) is 0 Å². The highest BCUT2D eigenvalue weighted by atomic mass is 32.2. The minimum atomic E-state index is -0.232. The summed E-state index contributed by atoms with van der Waals surface area (Å²) in [6.45, 7) is 0. The number of carbonyl (C=O) groups excluding carboxylic acids is 2. The number of hydrogen-bond acceptors (Lipinski definition) is 6. The molecule has 0 unspecified atom stereocenters. The van der Waals surface area contributed by atoms with Crippen LogP contribution in [-0.2, 0) is 9.59 Å². The van der Waals surface area contributed by atoms with E-state index < -0.39 is 0 Å². The molecule has 4 nitrogen and oxygen atoms in total. The van der Waals surface area contributed by atoms with Crippen LogP contribution in [0.4, 0.5) is 0 Å². The second kappa shape index (κ2) is 4.10. The zero-order valence-electron chi connectivity index (χ0n) is 8.34. The number of rotatable bonds is 0.